The molecule has 5 heteroatoms. The van der Waals surface area contributed by atoms with Crippen LogP contribution in [0.2, 0.25) is 0 Å². The zero-order valence-electron chi connectivity index (χ0n) is 7.44. The fourth-order valence-corrected chi connectivity index (χ4v) is 2.94. The normalized spacial score (nSPS) is 11.7. The van der Waals surface area contributed by atoms with Crippen molar-refractivity contribution < 1.29 is 0 Å². The quantitative estimate of drug-likeness (QED) is 0.450. The molecule has 0 heterocycles. The van der Waals surface area contributed by atoms with Crippen LogP contribution in [0.1, 0.15) is 12.0 Å². The largest absolute Gasteiger partial charge is 0.372 e. The molecule has 0 radical (unpaired) electrons. The lowest BCUT2D eigenvalue weighted by Crippen LogP contribution is -2.29. The van der Waals surface area contributed by atoms with E-state index in [-0.39, 0.29) is 0 Å². The Morgan fingerprint density at radius 1 is 1.00 bits per heavy atom. The van der Waals surface area contributed by atoms with Crippen LogP contribution in [0, 0.1) is 0 Å². The molecule has 1 aromatic carbocycles. The molecule has 14 heavy (non-hydrogen) atoms. The van der Waals surface area contributed by atoms with Crippen LogP contribution in [0.3, 0.4) is 0 Å². The van der Waals surface area contributed by atoms with Crippen molar-refractivity contribution in [2.24, 2.45) is 0 Å². The van der Waals surface area contributed by atoms with Gasteiger partial charge >= 0.3 is 6.00 Å². The number of benzene rings is 1. The molecule has 0 atom stereocenters. The molecule has 0 fully saturated rings. The highest BCUT2D eigenvalue weighted by molar-refractivity contribution is 7.69. The fraction of sp³-hybridized carbons (Fsp3) is 0.333. The van der Waals surface area contributed by atoms with E-state index in [0.29, 0.717) is 5.88 Å². The molecule has 0 aromatic heterocycles. The maximum absolute atomic E-state index is 5.86. The fourth-order valence-electron chi connectivity index (χ4n) is 1.13. The number of hydrogen-bond donors (Lipinski definition) is 0. The van der Waals surface area contributed by atoms with Gasteiger partial charge < -0.3 is 0 Å². The Morgan fingerprint density at radius 2 is 1.57 bits per heavy atom. The molecule has 0 spiro atoms. The summed E-state index contributed by atoms with van der Waals surface area (Å²) >= 11 is 23.2. The van der Waals surface area contributed by atoms with Crippen LogP contribution in [0.5, 0.6) is 0 Å². The van der Waals surface area contributed by atoms with Crippen molar-refractivity contribution in [3.05, 3.63) is 29.8 Å². The Kier molecular flexibility index (Phi) is 5.08. The maximum atomic E-state index is 5.86. The van der Waals surface area contributed by atoms with Gasteiger partial charge in [-0.3, -0.25) is 0 Å². The zero-order valence-corrected chi connectivity index (χ0v) is 11.5. The van der Waals surface area contributed by atoms with Gasteiger partial charge in [0, 0.05) is 5.88 Å². The molecule has 0 aliphatic heterocycles. The number of aryl methyl sites for hydroxylation is 1. The molecule has 0 aliphatic rings. The van der Waals surface area contributed by atoms with E-state index in [1.807, 2.05) is 24.3 Å². The number of hydrogen-bond acceptors (Lipinski definition) is 0. The number of alkyl halides is 1. The van der Waals surface area contributed by atoms with E-state index < -0.39 is 6.00 Å². The predicted octanol–water partition coefficient (Wildman–Crippen LogP) is 3.72. The first kappa shape index (κ1) is 12.7. The van der Waals surface area contributed by atoms with Crippen molar-refractivity contribution in [1.29, 1.82) is 0 Å². The number of rotatable bonds is 4. The average Bonchev–Trinajstić information content (AvgIpc) is 2.14. The van der Waals surface area contributed by atoms with Gasteiger partial charge in [-0.15, -0.1) is 44.8 Å². The minimum atomic E-state index is -2.70. The highest BCUT2D eigenvalue weighted by atomic mass is 35.8. The Bertz CT molecular complexity index is 278. The summed E-state index contributed by atoms with van der Waals surface area (Å²) < 4.78 is 0. The van der Waals surface area contributed by atoms with Crippen molar-refractivity contribution in [3.63, 3.8) is 0 Å². The van der Waals surface area contributed by atoms with Gasteiger partial charge in [0.25, 0.3) is 0 Å². The van der Waals surface area contributed by atoms with Gasteiger partial charge in [-0.1, -0.05) is 24.3 Å². The van der Waals surface area contributed by atoms with Crippen LogP contribution in [-0.4, -0.2) is 11.9 Å². The molecule has 78 valence electrons. The maximum Gasteiger partial charge on any atom is 0.372 e. The minimum absolute atomic E-state index is 0.682. The molecule has 1 aromatic rings. The van der Waals surface area contributed by atoms with Gasteiger partial charge in [0.05, 0.1) is 0 Å². The summed E-state index contributed by atoms with van der Waals surface area (Å²) in [5, 5.41) is 0.831. The molecule has 1 rings (SSSR count). The Balaban J connectivity index is 2.69. The van der Waals surface area contributed by atoms with E-state index in [4.69, 9.17) is 44.8 Å². The summed E-state index contributed by atoms with van der Waals surface area (Å²) in [7, 11) is 0. The molecule has 0 bridgehead atoms. The first-order chi connectivity index (χ1) is 6.54. The molecule has 0 amide bonds. The monoisotopic (exact) mass is 286 g/mol. The molecule has 0 unspecified atom stereocenters. The van der Waals surface area contributed by atoms with Crippen molar-refractivity contribution in [2.45, 2.75) is 12.8 Å². The lowest BCUT2D eigenvalue weighted by atomic mass is 10.1. The summed E-state index contributed by atoms with van der Waals surface area (Å²) in [4.78, 5) is 0. The second-order valence-corrected chi connectivity index (χ2v) is 11.8. The highest BCUT2D eigenvalue weighted by Crippen LogP contribution is 2.19. The first-order valence-corrected chi connectivity index (χ1v) is 9.83. The van der Waals surface area contributed by atoms with Gasteiger partial charge in [-0.25, -0.2) is 0 Å². The molecule has 0 saturated carbocycles. The van der Waals surface area contributed by atoms with Crippen LogP contribution in [-0.2, 0) is 6.42 Å². The summed E-state index contributed by atoms with van der Waals surface area (Å²) in [5.41, 5.74) is 1.23. The summed E-state index contributed by atoms with van der Waals surface area (Å²) in [6.45, 7) is 0. The van der Waals surface area contributed by atoms with E-state index in [1.54, 1.807) is 0 Å². The summed E-state index contributed by atoms with van der Waals surface area (Å²) in [5.74, 6) is 0.682. The van der Waals surface area contributed by atoms with E-state index in [2.05, 4.69) is 0 Å². The number of halogens is 4. The molecular formula is C9H10Cl4Si. The third-order valence-corrected chi connectivity index (χ3v) is 5.10. The van der Waals surface area contributed by atoms with Crippen LogP contribution in [0.15, 0.2) is 24.3 Å². The molecular weight excluding hydrogens is 278 g/mol. The van der Waals surface area contributed by atoms with E-state index >= 15 is 0 Å². The van der Waals surface area contributed by atoms with Crippen LogP contribution >= 0.6 is 44.8 Å². The molecule has 0 saturated heterocycles. The van der Waals surface area contributed by atoms with E-state index in [0.717, 1.165) is 18.0 Å². The van der Waals surface area contributed by atoms with Gasteiger partial charge in [0.15, 0.2) is 0 Å². The van der Waals surface area contributed by atoms with Crippen LogP contribution < -0.4 is 5.19 Å². The molecule has 0 N–H and O–H groups in total. The van der Waals surface area contributed by atoms with Crippen LogP contribution in [0.4, 0.5) is 0 Å². The highest BCUT2D eigenvalue weighted by Gasteiger charge is 2.27. The van der Waals surface area contributed by atoms with Gasteiger partial charge in [0.2, 0.25) is 0 Å². The van der Waals surface area contributed by atoms with Crippen molar-refractivity contribution in [1.82, 2.24) is 0 Å². The Hall–Kier alpha value is 0.597. The zero-order chi connectivity index (χ0) is 10.6. The van der Waals surface area contributed by atoms with Crippen molar-refractivity contribution in [2.75, 3.05) is 5.88 Å². The van der Waals surface area contributed by atoms with E-state index in [1.165, 1.54) is 5.56 Å². The lowest BCUT2D eigenvalue weighted by molar-refractivity contribution is 0.929. The summed E-state index contributed by atoms with van der Waals surface area (Å²) in [6, 6.07) is 5.08. The van der Waals surface area contributed by atoms with Gasteiger partial charge in [-0.2, -0.15) is 0 Å². The second-order valence-electron chi connectivity index (χ2n) is 2.99. The SMILES string of the molecule is ClCCCc1ccc([Si](Cl)(Cl)Cl)cc1. The van der Waals surface area contributed by atoms with Gasteiger partial charge in [-0.05, 0) is 23.6 Å². The topological polar surface area (TPSA) is 0 Å². The predicted molar refractivity (Wildman–Crippen MR) is 68.4 cm³/mol. The molecule has 0 aliphatic carbocycles. The molecule has 0 nitrogen and oxygen atoms in total. The van der Waals surface area contributed by atoms with Crippen molar-refractivity contribution >= 4 is 56.0 Å². The standard InChI is InChI=1S/C9H10Cl4Si/c10-7-1-2-8-3-5-9(6-4-8)14(11,12)13/h3-6H,1-2,7H2. The van der Waals surface area contributed by atoms with E-state index in [9.17, 15) is 0 Å². The van der Waals surface area contributed by atoms with Crippen LogP contribution in [0.25, 0.3) is 0 Å². The second kappa shape index (κ2) is 5.62. The third kappa shape index (κ3) is 3.99. The van der Waals surface area contributed by atoms with Crippen molar-refractivity contribution in [3.8, 4) is 0 Å². The first-order valence-electron chi connectivity index (χ1n) is 4.26. The smallest absolute Gasteiger partial charge is 0.127 e. The third-order valence-electron chi connectivity index (χ3n) is 1.88. The minimum Gasteiger partial charge on any atom is -0.127 e. The average molecular weight is 288 g/mol. The summed E-state index contributed by atoms with van der Waals surface area (Å²) in [6.07, 6.45) is 1.96. The Labute approximate surface area is 104 Å². The Morgan fingerprint density at radius 3 is 2.00 bits per heavy atom. The van der Waals surface area contributed by atoms with Gasteiger partial charge in [0.1, 0.15) is 0 Å². The lowest BCUT2D eigenvalue weighted by Gasteiger charge is -2.08.